The SMILES string of the molecule is COc1ccc(CN=C(N)NCCCO)cc1OC.I. The van der Waals surface area contributed by atoms with Gasteiger partial charge in [0.25, 0.3) is 0 Å². The van der Waals surface area contributed by atoms with E-state index in [1.165, 1.54) is 0 Å². The van der Waals surface area contributed by atoms with Crippen LogP contribution in [0.1, 0.15) is 12.0 Å². The van der Waals surface area contributed by atoms with Gasteiger partial charge in [0.05, 0.1) is 20.8 Å². The van der Waals surface area contributed by atoms with Crippen LogP contribution in [0.25, 0.3) is 0 Å². The maximum absolute atomic E-state index is 8.65. The van der Waals surface area contributed by atoms with Crippen molar-refractivity contribution in [2.45, 2.75) is 13.0 Å². The molecule has 0 saturated heterocycles. The molecule has 6 nitrogen and oxygen atoms in total. The molecule has 0 aliphatic heterocycles. The number of ether oxygens (including phenoxy) is 2. The lowest BCUT2D eigenvalue weighted by Crippen LogP contribution is -2.32. The molecule has 0 atom stereocenters. The molecule has 4 N–H and O–H groups in total. The van der Waals surface area contributed by atoms with Crippen LogP contribution < -0.4 is 20.5 Å². The van der Waals surface area contributed by atoms with Crippen molar-refractivity contribution in [3.8, 4) is 11.5 Å². The number of methoxy groups -OCH3 is 2. The second-order valence-electron chi connectivity index (χ2n) is 3.89. The third-order valence-electron chi connectivity index (χ3n) is 2.52. The number of aliphatic hydroxyl groups is 1. The molecule has 7 heteroatoms. The van der Waals surface area contributed by atoms with Gasteiger partial charge in [0.2, 0.25) is 0 Å². The van der Waals surface area contributed by atoms with Crippen LogP contribution in [-0.4, -0.2) is 38.4 Å². The first kappa shape index (κ1) is 18.8. The molecular formula is C13H22IN3O3. The summed E-state index contributed by atoms with van der Waals surface area (Å²) in [6, 6.07) is 5.61. The third-order valence-corrected chi connectivity index (χ3v) is 2.52. The minimum atomic E-state index is 0. The molecule has 0 radical (unpaired) electrons. The number of aliphatic hydroxyl groups excluding tert-OH is 1. The monoisotopic (exact) mass is 395 g/mol. The first-order valence-corrected chi connectivity index (χ1v) is 6.06. The number of aliphatic imine (C=N–C) groups is 1. The second kappa shape index (κ2) is 10.6. The molecule has 0 aliphatic carbocycles. The predicted octanol–water partition coefficient (Wildman–Crippen LogP) is 1.11. The van der Waals surface area contributed by atoms with Gasteiger partial charge < -0.3 is 25.6 Å². The maximum Gasteiger partial charge on any atom is 0.188 e. The molecule has 20 heavy (non-hydrogen) atoms. The summed E-state index contributed by atoms with van der Waals surface area (Å²) in [5.74, 6) is 1.72. The minimum absolute atomic E-state index is 0. The van der Waals surface area contributed by atoms with E-state index in [1.807, 2.05) is 18.2 Å². The number of nitrogens with zero attached hydrogens (tertiary/aromatic N) is 1. The van der Waals surface area contributed by atoms with E-state index in [0.29, 0.717) is 37.0 Å². The predicted molar refractivity (Wildman–Crippen MR) is 90.0 cm³/mol. The van der Waals surface area contributed by atoms with Crippen molar-refractivity contribution in [3.63, 3.8) is 0 Å². The molecule has 1 aromatic rings. The topological polar surface area (TPSA) is 89.1 Å². The fourth-order valence-corrected chi connectivity index (χ4v) is 1.51. The highest BCUT2D eigenvalue weighted by Crippen LogP contribution is 2.27. The lowest BCUT2D eigenvalue weighted by molar-refractivity contribution is 0.289. The highest BCUT2D eigenvalue weighted by atomic mass is 127. The summed E-state index contributed by atoms with van der Waals surface area (Å²) in [6.45, 7) is 1.20. The molecule has 1 aromatic carbocycles. The molecular weight excluding hydrogens is 373 g/mol. The number of benzene rings is 1. The van der Waals surface area contributed by atoms with Gasteiger partial charge in [0.1, 0.15) is 0 Å². The van der Waals surface area contributed by atoms with E-state index < -0.39 is 0 Å². The van der Waals surface area contributed by atoms with Gasteiger partial charge in [-0.2, -0.15) is 0 Å². The molecule has 0 bridgehead atoms. The van der Waals surface area contributed by atoms with Crippen LogP contribution in [0.4, 0.5) is 0 Å². The number of guanidine groups is 1. The van der Waals surface area contributed by atoms with Gasteiger partial charge in [0.15, 0.2) is 17.5 Å². The minimum Gasteiger partial charge on any atom is -0.493 e. The molecule has 0 saturated carbocycles. The van der Waals surface area contributed by atoms with E-state index in [1.54, 1.807) is 14.2 Å². The molecule has 114 valence electrons. The number of nitrogens with two attached hydrogens (primary N) is 1. The number of rotatable bonds is 7. The Morgan fingerprint density at radius 1 is 1.30 bits per heavy atom. The van der Waals surface area contributed by atoms with Gasteiger partial charge in [-0.15, -0.1) is 24.0 Å². The van der Waals surface area contributed by atoms with Crippen molar-refractivity contribution < 1.29 is 14.6 Å². The van der Waals surface area contributed by atoms with E-state index in [9.17, 15) is 0 Å². The van der Waals surface area contributed by atoms with E-state index >= 15 is 0 Å². The smallest absolute Gasteiger partial charge is 0.188 e. The summed E-state index contributed by atoms with van der Waals surface area (Å²) in [5, 5.41) is 11.6. The van der Waals surface area contributed by atoms with Gasteiger partial charge in [-0.1, -0.05) is 6.07 Å². The fourth-order valence-electron chi connectivity index (χ4n) is 1.51. The van der Waals surface area contributed by atoms with Crippen molar-refractivity contribution >= 4 is 29.9 Å². The molecule has 0 aliphatic rings. The average Bonchev–Trinajstić information content (AvgIpc) is 2.45. The quantitative estimate of drug-likeness (QED) is 0.279. The van der Waals surface area contributed by atoms with Gasteiger partial charge in [-0.3, -0.25) is 0 Å². The normalized spacial score (nSPS) is 10.7. The van der Waals surface area contributed by atoms with Crippen LogP contribution in [-0.2, 0) is 6.54 Å². The van der Waals surface area contributed by atoms with Crippen molar-refractivity contribution in [1.29, 1.82) is 0 Å². The van der Waals surface area contributed by atoms with Gasteiger partial charge >= 0.3 is 0 Å². The lowest BCUT2D eigenvalue weighted by Gasteiger charge is -2.09. The second-order valence-corrected chi connectivity index (χ2v) is 3.89. The highest BCUT2D eigenvalue weighted by molar-refractivity contribution is 14.0. The third kappa shape index (κ3) is 6.29. The number of halogens is 1. The molecule has 0 unspecified atom stereocenters. The molecule has 0 heterocycles. The van der Waals surface area contributed by atoms with Crippen LogP contribution in [0, 0.1) is 0 Å². The standard InChI is InChI=1S/C13H21N3O3.HI/c1-18-11-5-4-10(8-12(11)19-2)9-16-13(14)15-6-3-7-17;/h4-5,8,17H,3,6-7,9H2,1-2H3,(H3,14,15,16);1H. The summed E-state index contributed by atoms with van der Waals surface area (Å²) in [5.41, 5.74) is 6.67. The van der Waals surface area contributed by atoms with Crippen molar-refractivity contribution in [2.24, 2.45) is 10.7 Å². The Hall–Kier alpha value is -1.22. The van der Waals surface area contributed by atoms with Crippen molar-refractivity contribution in [2.75, 3.05) is 27.4 Å². The van der Waals surface area contributed by atoms with E-state index in [0.717, 1.165) is 5.56 Å². The van der Waals surface area contributed by atoms with E-state index in [4.69, 9.17) is 20.3 Å². The Kier molecular flexibility index (Phi) is 9.91. The average molecular weight is 395 g/mol. The summed E-state index contributed by atoms with van der Waals surface area (Å²) in [4.78, 5) is 4.20. The summed E-state index contributed by atoms with van der Waals surface area (Å²) >= 11 is 0. The van der Waals surface area contributed by atoms with Crippen molar-refractivity contribution in [1.82, 2.24) is 5.32 Å². The molecule has 1 rings (SSSR count). The number of nitrogens with one attached hydrogen (secondary N) is 1. The maximum atomic E-state index is 8.65. The van der Waals surface area contributed by atoms with Crippen LogP contribution in [0.15, 0.2) is 23.2 Å². The van der Waals surface area contributed by atoms with Gasteiger partial charge in [-0.05, 0) is 24.1 Å². The Morgan fingerprint density at radius 3 is 2.60 bits per heavy atom. The Labute approximate surface area is 136 Å². The largest absolute Gasteiger partial charge is 0.493 e. The van der Waals surface area contributed by atoms with Crippen LogP contribution in [0.5, 0.6) is 11.5 Å². The number of hydrogen-bond donors (Lipinski definition) is 3. The zero-order chi connectivity index (χ0) is 14.1. The summed E-state index contributed by atoms with van der Waals surface area (Å²) < 4.78 is 10.4. The Balaban J connectivity index is 0.00000361. The van der Waals surface area contributed by atoms with Crippen LogP contribution in [0.3, 0.4) is 0 Å². The lowest BCUT2D eigenvalue weighted by atomic mass is 10.2. The van der Waals surface area contributed by atoms with Crippen LogP contribution >= 0.6 is 24.0 Å². The highest BCUT2D eigenvalue weighted by Gasteiger charge is 2.04. The van der Waals surface area contributed by atoms with Crippen LogP contribution in [0.2, 0.25) is 0 Å². The molecule has 0 spiro atoms. The Morgan fingerprint density at radius 2 is 2.00 bits per heavy atom. The van der Waals surface area contributed by atoms with Gasteiger partial charge in [0, 0.05) is 13.2 Å². The first-order valence-electron chi connectivity index (χ1n) is 6.06. The van der Waals surface area contributed by atoms with E-state index in [2.05, 4.69) is 10.3 Å². The molecule has 0 fully saturated rings. The van der Waals surface area contributed by atoms with Crippen molar-refractivity contribution in [3.05, 3.63) is 23.8 Å². The number of hydrogen-bond acceptors (Lipinski definition) is 4. The first-order chi connectivity index (χ1) is 9.21. The Bertz CT molecular complexity index is 427. The zero-order valence-corrected chi connectivity index (χ0v) is 14.1. The molecule has 0 aromatic heterocycles. The van der Waals surface area contributed by atoms with E-state index in [-0.39, 0.29) is 30.6 Å². The zero-order valence-electron chi connectivity index (χ0n) is 11.8. The van der Waals surface area contributed by atoms with Gasteiger partial charge in [-0.25, -0.2) is 4.99 Å². The summed E-state index contributed by atoms with van der Waals surface area (Å²) in [7, 11) is 3.19. The summed E-state index contributed by atoms with van der Waals surface area (Å²) in [6.07, 6.45) is 0.645. The fraction of sp³-hybridized carbons (Fsp3) is 0.462. The molecule has 0 amide bonds.